The molecule has 0 amide bonds. The predicted octanol–water partition coefficient (Wildman–Crippen LogP) is -0.796. The molecule has 0 heterocycles. The summed E-state index contributed by atoms with van der Waals surface area (Å²) in [5.41, 5.74) is 0. The summed E-state index contributed by atoms with van der Waals surface area (Å²) in [6.45, 7) is 0.972. The van der Waals surface area contributed by atoms with Crippen LogP contribution in [0.3, 0.4) is 0 Å². The van der Waals surface area contributed by atoms with Gasteiger partial charge in [-0.15, -0.1) is 0 Å². The minimum Gasteiger partial charge on any atom is -1.00 e. The van der Waals surface area contributed by atoms with Crippen LogP contribution >= 0.6 is 0 Å². The Morgan fingerprint density at radius 1 is 2.00 bits per heavy atom. The summed E-state index contributed by atoms with van der Waals surface area (Å²) in [5.74, 6) is -1.08. The molecule has 0 atom stereocenters. The predicted molar refractivity (Wildman–Crippen MR) is 15.1 cm³/mol. The molecule has 0 rings (SSSR count). The van der Waals surface area contributed by atoms with E-state index in [-0.39, 0.29) is 22.5 Å². The fraction of sp³-hybridized carbons (Fsp3) is 0.500. The van der Waals surface area contributed by atoms with Crippen molar-refractivity contribution in [3.63, 3.8) is 0 Å². The Kier molecular flexibility index (Phi) is 7.06. The van der Waals surface area contributed by atoms with Crippen molar-refractivity contribution in [2.75, 3.05) is 0 Å². The van der Waals surface area contributed by atoms with Gasteiger partial charge in [0.15, 0.2) is 0 Å². The summed E-state index contributed by atoms with van der Waals surface area (Å²) in [4.78, 5) is 8.89. The smallest absolute Gasteiger partial charge is 0.0383 e. The maximum Gasteiger partial charge on any atom is 0.0383 e. The first-order chi connectivity index (χ1) is 1.73. The fourth-order valence-corrected chi connectivity index (χ4v) is 0. The Bertz CT molecular complexity index is 39.5. The van der Waals surface area contributed by atoms with E-state index < -0.39 is 5.97 Å². The summed E-state index contributed by atoms with van der Waals surface area (Å²) < 4.78 is 0. The van der Waals surface area contributed by atoms with Crippen molar-refractivity contribution in [2.45, 2.75) is 6.92 Å². The van der Waals surface area contributed by atoms with Crippen LogP contribution in [-0.4, -0.2) is 5.97 Å². The molecule has 0 aliphatic carbocycles. The second-order valence-electron chi connectivity index (χ2n) is 0.492. The molecule has 0 aromatic rings. The van der Waals surface area contributed by atoms with Gasteiger partial charge in [-0.2, -0.15) is 0 Å². The molecule has 0 saturated carbocycles. The van der Waals surface area contributed by atoms with Crippen molar-refractivity contribution in [1.82, 2.24) is 0 Å². The number of carbonyl (C=O) groups is 1. The van der Waals surface area contributed by atoms with E-state index in [4.69, 9.17) is 9.90 Å². The zero-order valence-corrected chi connectivity index (χ0v) is 3.69. The summed E-state index contributed by atoms with van der Waals surface area (Å²) in [5, 5.41) is 8.89. The summed E-state index contributed by atoms with van der Waals surface area (Å²) in [6.07, 6.45) is 0. The third-order valence-electron chi connectivity index (χ3n) is 0. The van der Waals surface area contributed by atoms with Crippen LogP contribution < -0.4 is 5.11 Å². The molecule has 1 radical (unpaired) electrons. The van der Waals surface area contributed by atoms with E-state index in [0.29, 0.717) is 0 Å². The number of carboxylic acids is 1. The molecule has 0 saturated heterocycles. The molecule has 0 aromatic heterocycles. The molecule has 2 nitrogen and oxygen atoms in total. The molecule has 0 unspecified atom stereocenters. The van der Waals surface area contributed by atoms with Crippen LogP contribution in [0.4, 0.5) is 0 Å². The normalized spacial score (nSPS) is 5.00. The molecule has 0 fully saturated rings. The molecule has 5 heavy (non-hydrogen) atoms. The van der Waals surface area contributed by atoms with Crippen LogP contribution in [0.2, 0.25) is 0 Å². The number of carbonyl (C=O) groups excluding carboxylic acids is 1. The molecule has 3 heteroatoms. The van der Waals surface area contributed by atoms with E-state index in [9.17, 15) is 0 Å². The van der Waals surface area contributed by atoms with E-state index in [1.165, 1.54) is 0 Å². The Balaban J connectivity index is -0.00000000450. The van der Waals surface area contributed by atoms with Crippen LogP contribution in [0.25, 0.3) is 0 Å². The topological polar surface area (TPSA) is 40.1 Å². The van der Waals surface area contributed by atoms with Crippen molar-refractivity contribution in [3.05, 3.63) is 0 Å². The van der Waals surface area contributed by atoms with Gasteiger partial charge in [0.25, 0.3) is 0 Å². The second-order valence-corrected chi connectivity index (χ2v) is 0.492. The first-order valence-electron chi connectivity index (χ1n) is 0.908. The van der Waals surface area contributed by atoms with Crippen molar-refractivity contribution in [2.24, 2.45) is 0 Å². The minimum absolute atomic E-state index is 0. The SMILES string of the molecule is CC(=O)[O-].[Co].[H-].[H-].[H-].[H-]. The quantitative estimate of drug-likeness (QED) is 0.422. The van der Waals surface area contributed by atoms with Gasteiger partial charge < -0.3 is 15.6 Å². The minimum atomic E-state index is -1.08. The molecule has 0 aliphatic heterocycles. The standard InChI is InChI=1S/C2H4O2.Co.4H/c1-2(3)4;;;;;/h1H3,(H,3,4);;;;;/q;;4*-1/p-1. The van der Waals surface area contributed by atoms with Crippen LogP contribution in [-0.2, 0) is 21.6 Å². The van der Waals surface area contributed by atoms with E-state index in [1.54, 1.807) is 0 Å². The molecule has 0 aliphatic rings. The number of rotatable bonds is 0. The molecular weight excluding hydrogens is 115 g/mol. The Labute approximate surface area is 46.3 Å². The van der Waals surface area contributed by atoms with Crippen LogP contribution in [0.15, 0.2) is 0 Å². The maximum atomic E-state index is 8.89. The third-order valence-corrected chi connectivity index (χ3v) is 0. The van der Waals surface area contributed by atoms with Gasteiger partial charge in [-0.05, 0) is 6.92 Å². The summed E-state index contributed by atoms with van der Waals surface area (Å²) >= 11 is 0. The molecule has 41 valence electrons. The van der Waals surface area contributed by atoms with Gasteiger partial charge in [0.1, 0.15) is 0 Å². The number of carboxylic acid groups (broad SMARTS) is 1. The molecule has 0 N–H and O–H groups in total. The van der Waals surface area contributed by atoms with Crippen molar-refractivity contribution in [3.8, 4) is 0 Å². The molecule has 0 bridgehead atoms. The Hall–Kier alpha value is -0.0235. The van der Waals surface area contributed by atoms with Crippen molar-refractivity contribution in [1.29, 1.82) is 0 Å². The fourth-order valence-electron chi connectivity index (χ4n) is 0. The van der Waals surface area contributed by atoms with E-state index in [1.807, 2.05) is 0 Å². The summed E-state index contributed by atoms with van der Waals surface area (Å²) in [7, 11) is 0. The maximum absolute atomic E-state index is 8.89. The number of hydrogen-bond acceptors (Lipinski definition) is 2. The van der Waals surface area contributed by atoms with Gasteiger partial charge in [-0.3, -0.25) is 0 Å². The first-order valence-corrected chi connectivity index (χ1v) is 0.908. The monoisotopic (exact) mass is 122 g/mol. The number of aliphatic carboxylic acids is 1. The van der Waals surface area contributed by atoms with Gasteiger partial charge in [0.05, 0.1) is 0 Å². The van der Waals surface area contributed by atoms with E-state index >= 15 is 0 Å². The van der Waals surface area contributed by atoms with E-state index in [2.05, 4.69) is 0 Å². The van der Waals surface area contributed by atoms with Crippen molar-refractivity contribution >= 4 is 5.97 Å². The summed E-state index contributed by atoms with van der Waals surface area (Å²) in [6, 6.07) is 0. The molecule has 0 aromatic carbocycles. The van der Waals surface area contributed by atoms with Gasteiger partial charge in [0, 0.05) is 22.7 Å². The van der Waals surface area contributed by atoms with Gasteiger partial charge in [-0.1, -0.05) is 0 Å². The Morgan fingerprint density at radius 2 is 2.00 bits per heavy atom. The average molecular weight is 122 g/mol. The van der Waals surface area contributed by atoms with Gasteiger partial charge in [-0.25, -0.2) is 0 Å². The van der Waals surface area contributed by atoms with Crippen LogP contribution in [0.5, 0.6) is 0 Å². The van der Waals surface area contributed by atoms with Crippen LogP contribution in [0, 0.1) is 0 Å². The molecule has 0 spiro atoms. The average Bonchev–Trinajstić information content (AvgIpc) is 0.811. The number of hydrogen-bond donors (Lipinski definition) is 0. The van der Waals surface area contributed by atoms with Crippen LogP contribution in [0.1, 0.15) is 12.6 Å². The van der Waals surface area contributed by atoms with Gasteiger partial charge in [0.2, 0.25) is 0 Å². The Morgan fingerprint density at radius 3 is 2.00 bits per heavy atom. The van der Waals surface area contributed by atoms with E-state index in [0.717, 1.165) is 6.92 Å². The zero-order valence-electron chi connectivity index (χ0n) is 6.65. The second kappa shape index (κ2) is 3.98. The third kappa shape index (κ3) is 28100. The van der Waals surface area contributed by atoms with Crippen molar-refractivity contribution < 1.29 is 32.4 Å². The van der Waals surface area contributed by atoms with Gasteiger partial charge >= 0.3 is 0 Å². The molecular formula is C2H7CoO2-5. The first kappa shape index (κ1) is 8.88. The zero-order chi connectivity index (χ0) is 3.58. The largest absolute Gasteiger partial charge is 1.00 e.